The van der Waals surface area contributed by atoms with Gasteiger partial charge in [0, 0.05) is 18.7 Å². The fourth-order valence-electron chi connectivity index (χ4n) is 1.74. The van der Waals surface area contributed by atoms with E-state index in [0.29, 0.717) is 18.5 Å². The average molecular weight is 297 g/mol. The van der Waals surface area contributed by atoms with Gasteiger partial charge in [0.15, 0.2) is 0 Å². The summed E-state index contributed by atoms with van der Waals surface area (Å²) in [5, 5.41) is 17.6. The van der Waals surface area contributed by atoms with Crippen LogP contribution in [-0.4, -0.2) is 49.2 Å². The number of aliphatic hydroxyl groups excluding tert-OH is 2. The van der Waals surface area contributed by atoms with Crippen molar-refractivity contribution in [3.63, 3.8) is 0 Å². The molecule has 5 nitrogen and oxygen atoms in total. The summed E-state index contributed by atoms with van der Waals surface area (Å²) in [7, 11) is -3.63. The molecule has 6 heteroatoms. The molecule has 0 saturated carbocycles. The van der Waals surface area contributed by atoms with Gasteiger partial charge >= 0.3 is 0 Å². The Hall–Kier alpha value is -1.39. The molecule has 0 bridgehead atoms. The molecule has 1 rings (SSSR count). The summed E-state index contributed by atoms with van der Waals surface area (Å²) >= 11 is 0. The van der Waals surface area contributed by atoms with Crippen molar-refractivity contribution in [1.29, 1.82) is 0 Å². The van der Waals surface area contributed by atoms with Crippen LogP contribution >= 0.6 is 0 Å². The van der Waals surface area contributed by atoms with Crippen LogP contribution in [0.15, 0.2) is 29.2 Å². The summed E-state index contributed by atoms with van der Waals surface area (Å²) in [4.78, 5) is 0.143. The lowest BCUT2D eigenvalue weighted by Gasteiger charge is -2.20. The van der Waals surface area contributed by atoms with E-state index < -0.39 is 10.0 Å². The lowest BCUT2D eigenvalue weighted by atomic mass is 10.2. The fourth-order valence-corrected chi connectivity index (χ4v) is 3.31. The highest BCUT2D eigenvalue weighted by Crippen LogP contribution is 2.17. The van der Waals surface area contributed by atoms with Crippen LogP contribution in [-0.2, 0) is 10.0 Å². The first kappa shape index (κ1) is 16.7. The number of sulfonamides is 1. The lowest BCUT2D eigenvalue weighted by molar-refractivity contribution is 0.253. The van der Waals surface area contributed by atoms with Gasteiger partial charge < -0.3 is 10.2 Å². The minimum absolute atomic E-state index is 0.0721. The van der Waals surface area contributed by atoms with E-state index in [4.69, 9.17) is 10.2 Å². The Labute approximate surface area is 119 Å². The third kappa shape index (κ3) is 4.32. The van der Waals surface area contributed by atoms with Gasteiger partial charge in [0.05, 0.1) is 11.5 Å². The van der Waals surface area contributed by atoms with Gasteiger partial charge in [-0.05, 0) is 24.6 Å². The minimum atomic E-state index is -3.63. The van der Waals surface area contributed by atoms with E-state index in [9.17, 15) is 8.42 Å². The van der Waals surface area contributed by atoms with Gasteiger partial charge in [-0.3, -0.25) is 0 Å². The number of aliphatic hydroxyl groups is 2. The molecule has 0 aliphatic carbocycles. The van der Waals surface area contributed by atoms with E-state index in [1.54, 1.807) is 12.1 Å². The zero-order valence-corrected chi connectivity index (χ0v) is 12.2. The zero-order chi connectivity index (χ0) is 15.0. The molecule has 1 aromatic rings. The minimum Gasteiger partial charge on any atom is -0.395 e. The summed E-state index contributed by atoms with van der Waals surface area (Å²) < 4.78 is 26.2. The Balaban J connectivity index is 3.13. The Morgan fingerprint density at radius 3 is 2.60 bits per heavy atom. The highest BCUT2D eigenvalue weighted by Gasteiger charge is 2.23. The second-order valence-electron chi connectivity index (χ2n) is 4.12. The second-order valence-corrected chi connectivity index (χ2v) is 6.05. The van der Waals surface area contributed by atoms with Crippen molar-refractivity contribution < 1.29 is 18.6 Å². The predicted octanol–water partition coefficient (Wildman–Crippen LogP) is 0.423. The van der Waals surface area contributed by atoms with Crippen molar-refractivity contribution in [2.45, 2.75) is 18.2 Å². The monoisotopic (exact) mass is 297 g/mol. The first-order chi connectivity index (χ1) is 9.56. The zero-order valence-electron chi connectivity index (χ0n) is 11.4. The normalized spacial score (nSPS) is 11.2. The second kappa shape index (κ2) is 8.02. The van der Waals surface area contributed by atoms with E-state index >= 15 is 0 Å². The van der Waals surface area contributed by atoms with Gasteiger partial charge in [0.25, 0.3) is 0 Å². The quantitative estimate of drug-likeness (QED) is 0.746. The molecule has 0 spiro atoms. The Kier molecular flexibility index (Phi) is 6.68. The number of nitrogens with zero attached hydrogens (tertiary/aromatic N) is 1. The van der Waals surface area contributed by atoms with Gasteiger partial charge in [0.2, 0.25) is 10.0 Å². The molecule has 0 radical (unpaired) electrons. The van der Waals surface area contributed by atoms with E-state index in [1.807, 2.05) is 6.92 Å². The highest BCUT2D eigenvalue weighted by atomic mass is 32.2. The summed E-state index contributed by atoms with van der Waals surface area (Å²) in [6, 6.07) is 6.26. The SMILES string of the molecule is CCCN(CCO)S(=O)(=O)c1cccc(C#CCO)c1. The van der Waals surface area contributed by atoms with Gasteiger partial charge in [-0.1, -0.05) is 24.8 Å². The van der Waals surface area contributed by atoms with Crippen molar-refractivity contribution in [3.8, 4) is 11.8 Å². The molecule has 0 aliphatic rings. The Morgan fingerprint density at radius 2 is 2.00 bits per heavy atom. The summed E-state index contributed by atoms with van der Waals surface area (Å²) in [5.41, 5.74) is 0.528. The number of rotatable bonds is 6. The average Bonchev–Trinajstić information content (AvgIpc) is 2.45. The van der Waals surface area contributed by atoms with E-state index in [-0.39, 0.29) is 24.7 Å². The smallest absolute Gasteiger partial charge is 0.243 e. The molecule has 0 fully saturated rings. The first-order valence-corrected chi connectivity index (χ1v) is 7.81. The van der Waals surface area contributed by atoms with E-state index in [2.05, 4.69) is 11.8 Å². The lowest BCUT2D eigenvalue weighted by Crippen LogP contribution is -2.34. The molecular formula is C14H19NO4S. The van der Waals surface area contributed by atoms with Crippen LogP contribution in [0.25, 0.3) is 0 Å². The molecule has 1 aromatic carbocycles. The summed E-state index contributed by atoms with van der Waals surface area (Å²) in [6.07, 6.45) is 0.670. The van der Waals surface area contributed by atoms with Crippen molar-refractivity contribution in [2.24, 2.45) is 0 Å². The molecule has 0 amide bonds. The molecule has 0 aromatic heterocycles. The van der Waals surface area contributed by atoms with Crippen molar-refractivity contribution in [1.82, 2.24) is 4.31 Å². The predicted molar refractivity (Wildman–Crippen MR) is 76.5 cm³/mol. The molecular weight excluding hydrogens is 278 g/mol. The maximum atomic E-state index is 12.5. The van der Waals surface area contributed by atoms with Crippen molar-refractivity contribution in [2.75, 3.05) is 26.3 Å². The van der Waals surface area contributed by atoms with Crippen LogP contribution < -0.4 is 0 Å². The molecule has 110 valence electrons. The Morgan fingerprint density at radius 1 is 1.25 bits per heavy atom. The van der Waals surface area contributed by atoms with Crippen LogP contribution in [0.5, 0.6) is 0 Å². The van der Waals surface area contributed by atoms with Gasteiger partial charge in [-0.15, -0.1) is 0 Å². The van der Waals surface area contributed by atoms with Gasteiger partial charge in [-0.25, -0.2) is 8.42 Å². The molecule has 0 atom stereocenters. The van der Waals surface area contributed by atoms with Crippen molar-refractivity contribution in [3.05, 3.63) is 29.8 Å². The highest BCUT2D eigenvalue weighted by molar-refractivity contribution is 7.89. The van der Waals surface area contributed by atoms with Gasteiger partial charge in [0.1, 0.15) is 6.61 Å². The third-order valence-corrected chi connectivity index (χ3v) is 4.50. The number of hydrogen-bond acceptors (Lipinski definition) is 4. The van der Waals surface area contributed by atoms with E-state index in [1.165, 1.54) is 16.4 Å². The number of benzene rings is 1. The maximum absolute atomic E-state index is 12.5. The molecule has 2 N–H and O–H groups in total. The number of hydrogen-bond donors (Lipinski definition) is 2. The maximum Gasteiger partial charge on any atom is 0.243 e. The standard InChI is InChI=1S/C14H19NO4S/c1-2-8-15(9-11-17)20(18,19)14-7-3-5-13(12-14)6-4-10-16/h3,5,7,12,16-17H,2,8-11H2,1H3. The fraction of sp³-hybridized carbons (Fsp3) is 0.429. The third-order valence-electron chi connectivity index (χ3n) is 2.61. The molecule has 0 heterocycles. The topological polar surface area (TPSA) is 77.8 Å². The summed E-state index contributed by atoms with van der Waals surface area (Å²) in [6.45, 7) is 1.81. The summed E-state index contributed by atoms with van der Waals surface area (Å²) in [5.74, 6) is 5.16. The molecule has 0 aliphatic heterocycles. The van der Waals surface area contributed by atoms with Crippen molar-refractivity contribution >= 4 is 10.0 Å². The van der Waals surface area contributed by atoms with Crippen LogP contribution in [0, 0.1) is 11.8 Å². The van der Waals surface area contributed by atoms with Crippen LogP contribution in [0.2, 0.25) is 0 Å². The van der Waals surface area contributed by atoms with Crippen LogP contribution in [0.3, 0.4) is 0 Å². The van der Waals surface area contributed by atoms with Gasteiger partial charge in [-0.2, -0.15) is 4.31 Å². The largest absolute Gasteiger partial charge is 0.395 e. The molecule has 20 heavy (non-hydrogen) atoms. The van der Waals surface area contributed by atoms with E-state index in [0.717, 1.165) is 0 Å². The van der Waals surface area contributed by atoms with Crippen LogP contribution in [0.1, 0.15) is 18.9 Å². The first-order valence-electron chi connectivity index (χ1n) is 6.37. The Bertz CT molecular complexity index is 581. The molecule has 0 unspecified atom stereocenters. The van der Waals surface area contributed by atoms with Crippen LogP contribution in [0.4, 0.5) is 0 Å². The molecule has 0 saturated heterocycles.